The molecule has 0 heterocycles. The van der Waals surface area contributed by atoms with E-state index < -0.39 is 0 Å². The molecule has 0 heteroatoms. The van der Waals surface area contributed by atoms with Crippen molar-refractivity contribution in [3.63, 3.8) is 0 Å². The number of hydrogen-bond acceptors (Lipinski definition) is 0. The third kappa shape index (κ3) is 5.56. The lowest BCUT2D eigenvalue weighted by atomic mass is 10.2. The minimum atomic E-state index is 0.512. The third-order valence-corrected chi connectivity index (χ3v) is 0.678. The summed E-state index contributed by atoms with van der Waals surface area (Å²) in [5.74, 6) is 6.51. The van der Waals surface area contributed by atoms with Crippen molar-refractivity contribution in [2.24, 2.45) is 5.92 Å². The molecule has 0 N–H and O–H groups in total. The number of unbranched alkanes of at least 4 members (excludes halogenated alkanes) is 1. The molecule has 0 saturated heterocycles. The van der Waals surface area contributed by atoms with E-state index in [0.29, 0.717) is 5.92 Å². The highest BCUT2D eigenvalue weighted by Gasteiger charge is 1.78. The topological polar surface area (TPSA) is 0 Å². The highest BCUT2D eigenvalue weighted by molar-refractivity contribution is 5.10. The summed E-state index contributed by atoms with van der Waals surface area (Å²) in [6, 6.07) is 0. The van der Waals surface area contributed by atoms with Crippen LogP contribution in [0.25, 0.3) is 0 Å². The Hall–Kier alpha value is -0.440. The fraction of sp³-hybridized carbons (Fsp3) is 0.625. The van der Waals surface area contributed by atoms with Crippen LogP contribution in [0.15, 0.2) is 0 Å². The van der Waals surface area contributed by atoms with Crippen molar-refractivity contribution in [1.29, 1.82) is 0 Å². The Morgan fingerprint density at radius 3 is 2.50 bits per heavy atom. The van der Waals surface area contributed by atoms with Crippen LogP contribution in [-0.2, 0) is 0 Å². The Labute approximate surface area is 52.3 Å². The van der Waals surface area contributed by atoms with Crippen molar-refractivity contribution in [2.45, 2.75) is 27.2 Å². The fourth-order valence-corrected chi connectivity index (χ4v) is 0.328. The molecule has 0 atom stereocenters. The van der Waals surface area contributed by atoms with Gasteiger partial charge in [0.1, 0.15) is 0 Å². The predicted molar refractivity (Wildman–Crippen MR) is 37.2 cm³/mol. The second kappa shape index (κ2) is 4.71. The lowest BCUT2D eigenvalue weighted by Gasteiger charge is -1.85. The van der Waals surface area contributed by atoms with Gasteiger partial charge in [0.25, 0.3) is 0 Å². The summed E-state index contributed by atoms with van der Waals surface area (Å²) in [7, 11) is 0. The predicted octanol–water partition coefficient (Wildman–Crippen LogP) is 2.26. The zero-order valence-corrected chi connectivity index (χ0v) is 5.86. The SMILES string of the molecule is CC[CH]C#CC(C)C. The van der Waals surface area contributed by atoms with E-state index in [1.807, 2.05) is 6.42 Å². The van der Waals surface area contributed by atoms with Crippen molar-refractivity contribution < 1.29 is 0 Å². The monoisotopic (exact) mass is 109 g/mol. The highest BCUT2D eigenvalue weighted by Crippen LogP contribution is 1.87. The Kier molecular flexibility index (Phi) is 4.45. The smallest absolute Gasteiger partial charge is 0.0337 e. The van der Waals surface area contributed by atoms with Crippen LogP contribution in [0.3, 0.4) is 0 Å². The largest absolute Gasteiger partial charge is 0.100 e. The molecule has 0 spiro atoms. The minimum Gasteiger partial charge on any atom is -0.100 e. The van der Waals surface area contributed by atoms with Gasteiger partial charge in [-0.05, 0) is 6.42 Å². The van der Waals surface area contributed by atoms with E-state index in [1.54, 1.807) is 0 Å². The lowest BCUT2D eigenvalue weighted by molar-refractivity contribution is 0.866. The molecule has 0 aromatic rings. The Morgan fingerprint density at radius 1 is 1.50 bits per heavy atom. The summed E-state index contributed by atoms with van der Waals surface area (Å²) in [5.41, 5.74) is 0. The van der Waals surface area contributed by atoms with Gasteiger partial charge >= 0.3 is 0 Å². The van der Waals surface area contributed by atoms with Gasteiger partial charge in [-0.25, -0.2) is 0 Å². The minimum absolute atomic E-state index is 0.512. The van der Waals surface area contributed by atoms with E-state index in [1.165, 1.54) is 0 Å². The van der Waals surface area contributed by atoms with Crippen molar-refractivity contribution in [2.75, 3.05) is 0 Å². The zero-order valence-electron chi connectivity index (χ0n) is 5.86. The molecule has 1 radical (unpaired) electrons. The van der Waals surface area contributed by atoms with Crippen molar-refractivity contribution in [3.8, 4) is 11.8 Å². The van der Waals surface area contributed by atoms with Crippen LogP contribution < -0.4 is 0 Å². The first kappa shape index (κ1) is 7.56. The Balaban J connectivity index is 3.20. The first-order valence-corrected chi connectivity index (χ1v) is 3.10. The van der Waals surface area contributed by atoms with Crippen LogP contribution in [0, 0.1) is 24.2 Å². The first-order valence-electron chi connectivity index (χ1n) is 3.10. The maximum Gasteiger partial charge on any atom is 0.0337 e. The molecule has 0 aromatic heterocycles. The van der Waals surface area contributed by atoms with E-state index in [9.17, 15) is 0 Å². The van der Waals surface area contributed by atoms with Crippen molar-refractivity contribution in [3.05, 3.63) is 6.42 Å². The molecule has 0 unspecified atom stereocenters. The highest BCUT2D eigenvalue weighted by atomic mass is 13.8. The van der Waals surface area contributed by atoms with Gasteiger partial charge in [-0.1, -0.05) is 26.7 Å². The molecule has 0 fully saturated rings. The van der Waals surface area contributed by atoms with Crippen molar-refractivity contribution >= 4 is 0 Å². The van der Waals surface area contributed by atoms with E-state index in [4.69, 9.17) is 0 Å². The third-order valence-electron chi connectivity index (χ3n) is 0.678. The number of rotatable bonds is 1. The van der Waals surface area contributed by atoms with Crippen LogP contribution in [0.1, 0.15) is 27.2 Å². The lowest BCUT2D eigenvalue weighted by Crippen LogP contribution is -1.77. The maximum atomic E-state index is 3.04. The average Bonchev–Trinajstić information content (AvgIpc) is 1.66. The van der Waals surface area contributed by atoms with Gasteiger partial charge in [0.05, 0.1) is 0 Å². The molecule has 0 saturated carbocycles. The molecule has 0 aliphatic rings. The summed E-state index contributed by atoms with van der Waals surface area (Å²) < 4.78 is 0. The van der Waals surface area contributed by atoms with Crippen LogP contribution in [0.4, 0.5) is 0 Å². The van der Waals surface area contributed by atoms with Gasteiger partial charge in [-0.2, -0.15) is 0 Å². The van der Waals surface area contributed by atoms with Gasteiger partial charge in [0.2, 0.25) is 0 Å². The normalized spacial score (nSPS) is 8.50. The molecule has 8 heavy (non-hydrogen) atoms. The summed E-state index contributed by atoms with van der Waals surface area (Å²) in [5, 5.41) is 0. The van der Waals surface area contributed by atoms with Gasteiger partial charge < -0.3 is 0 Å². The Bertz CT molecular complexity index is 90.3. The molecule has 0 amide bonds. The van der Waals surface area contributed by atoms with E-state index in [2.05, 4.69) is 32.6 Å². The van der Waals surface area contributed by atoms with Crippen LogP contribution in [-0.4, -0.2) is 0 Å². The van der Waals surface area contributed by atoms with E-state index in [0.717, 1.165) is 6.42 Å². The zero-order chi connectivity index (χ0) is 6.41. The molecule has 0 aliphatic heterocycles. The molecule has 0 nitrogen and oxygen atoms in total. The summed E-state index contributed by atoms with van der Waals surface area (Å²) in [6.45, 7) is 6.28. The summed E-state index contributed by atoms with van der Waals surface area (Å²) in [6.07, 6.45) is 3.04. The molecule has 45 valence electrons. The van der Waals surface area contributed by atoms with Crippen LogP contribution in [0.2, 0.25) is 0 Å². The second-order valence-electron chi connectivity index (χ2n) is 2.06. The standard InChI is InChI=1S/C8H13/c1-4-5-6-7-8(2)3/h5,8H,4H2,1-3H3. The maximum absolute atomic E-state index is 3.04. The number of hydrogen-bond donors (Lipinski definition) is 0. The molecule has 0 aliphatic carbocycles. The van der Waals surface area contributed by atoms with Crippen molar-refractivity contribution in [1.82, 2.24) is 0 Å². The van der Waals surface area contributed by atoms with Gasteiger partial charge in [0.15, 0.2) is 0 Å². The molecular weight excluding hydrogens is 96.1 g/mol. The summed E-state index contributed by atoms with van der Waals surface area (Å²) >= 11 is 0. The average molecular weight is 109 g/mol. The molecular formula is C8H13. The van der Waals surface area contributed by atoms with Gasteiger partial charge in [0, 0.05) is 12.3 Å². The van der Waals surface area contributed by atoms with Gasteiger partial charge in [-0.3, -0.25) is 0 Å². The van der Waals surface area contributed by atoms with Gasteiger partial charge in [-0.15, -0.1) is 5.92 Å². The summed E-state index contributed by atoms with van der Waals surface area (Å²) in [4.78, 5) is 0. The Morgan fingerprint density at radius 2 is 2.12 bits per heavy atom. The molecule has 0 aromatic carbocycles. The van der Waals surface area contributed by atoms with Crippen LogP contribution >= 0.6 is 0 Å². The van der Waals surface area contributed by atoms with E-state index >= 15 is 0 Å². The molecule has 0 rings (SSSR count). The fourth-order valence-electron chi connectivity index (χ4n) is 0.328. The quantitative estimate of drug-likeness (QED) is 0.453. The van der Waals surface area contributed by atoms with Crippen LogP contribution in [0.5, 0.6) is 0 Å². The molecule has 0 bridgehead atoms. The van der Waals surface area contributed by atoms with E-state index in [-0.39, 0.29) is 0 Å². The second-order valence-corrected chi connectivity index (χ2v) is 2.06. The first-order chi connectivity index (χ1) is 3.77.